The molecule has 0 aliphatic heterocycles. The molecule has 0 radical (unpaired) electrons. The maximum atomic E-state index is 11.3. The smallest absolute Gasteiger partial charge is 0.251 e. The van der Waals surface area contributed by atoms with Gasteiger partial charge in [-0.05, 0) is 6.92 Å². The highest BCUT2D eigenvalue weighted by Gasteiger charge is 2.18. The lowest BCUT2D eigenvalue weighted by Gasteiger charge is -2.18. The molecule has 0 aromatic carbocycles. The van der Waals surface area contributed by atoms with Gasteiger partial charge in [-0.15, -0.1) is 0 Å². The van der Waals surface area contributed by atoms with Crippen LogP contribution in [0.4, 0.5) is 0 Å². The van der Waals surface area contributed by atoms with E-state index in [9.17, 15) is 4.79 Å². The summed E-state index contributed by atoms with van der Waals surface area (Å²) in [6.45, 7) is 7.80. The fourth-order valence-corrected chi connectivity index (χ4v) is 1.06. The highest BCUT2D eigenvalue weighted by molar-refractivity contribution is 5.10. The van der Waals surface area contributed by atoms with Gasteiger partial charge in [0.05, 0.1) is 5.69 Å². The first-order valence-electron chi connectivity index (χ1n) is 4.68. The van der Waals surface area contributed by atoms with Crippen molar-refractivity contribution >= 4 is 0 Å². The Bertz CT molecular complexity index is 374. The Hall–Kier alpha value is -1.16. The van der Waals surface area contributed by atoms with E-state index >= 15 is 0 Å². The van der Waals surface area contributed by atoms with Gasteiger partial charge in [-0.3, -0.25) is 4.79 Å². The zero-order chi connectivity index (χ0) is 10.9. The second kappa shape index (κ2) is 3.53. The van der Waals surface area contributed by atoms with Gasteiger partial charge in [-0.2, -0.15) is 0 Å². The van der Waals surface area contributed by atoms with E-state index in [2.05, 4.69) is 9.97 Å². The molecule has 4 heteroatoms. The molecule has 0 saturated heterocycles. The SMILES string of the molecule is CC(N)c1cc(=O)[nH]c(C(C)(C)C)n1. The molecule has 78 valence electrons. The molecule has 0 fully saturated rings. The van der Waals surface area contributed by atoms with Gasteiger partial charge >= 0.3 is 0 Å². The number of nitrogens with one attached hydrogen (secondary N) is 1. The molecule has 0 saturated carbocycles. The number of H-pyrrole nitrogens is 1. The Labute approximate surface area is 83.6 Å². The van der Waals surface area contributed by atoms with E-state index in [1.165, 1.54) is 6.07 Å². The molecule has 0 amide bonds. The van der Waals surface area contributed by atoms with Crippen molar-refractivity contribution in [2.24, 2.45) is 5.73 Å². The largest absolute Gasteiger partial charge is 0.323 e. The van der Waals surface area contributed by atoms with Crippen LogP contribution in [0.2, 0.25) is 0 Å². The van der Waals surface area contributed by atoms with Crippen molar-refractivity contribution in [3.05, 3.63) is 27.9 Å². The number of nitrogens with zero attached hydrogens (tertiary/aromatic N) is 1. The number of nitrogens with two attached hydrogens (primary N) is 1. The molecule has 1 rings (SSSR count). The van der Waals surface area contributed by atoms with Crippen LogP contribution in [0.3, 0.4) is 0 Å². The highest BCUT2D eigenvalue weighted by Crippen LogP contribution is 2.17. The second-order valence-corrected chi connectivity index (χ2v) is 4.56. The first-order valence-corrected chi connectivity index (χ1v) is 4.68. The minimum atomic E-state index is -0.210. The van der Waals surface area contributed by atoms with Gasteiger partial charge in [0.15, 0.2) is 0 Å². The van der Waals surface area contributed by atoms with Crippen molar-refractivity contribution in [3.8, 4) is 0 Å². The number of hydrogen-bond acceptors (Lipinski definition) is 3. The summed E-state index contributed by atoms with van der Waals surface area (Å²) in [7, 11) is 0. The van der Waals surface area contributed by atoms with Crippen molar-refractivity contribution in [3.63, 3.8) is 0 Å². The molecule has 0 aliphatic rings. The van der Waals surface area contributed by atoms with Crippen molar-refractivity contribution in [1.82, 2.24) is 9.97 Å². The minimum Gasteiger partial charge on any atom is -0.323 e. The number of aromatic nitrogens is 2. The Morgan fingerprint density at radius 1 is 1.50 bits per heavy atom. The molecule has 4 nitrogen and oxygen atoms in total. The predicted molar refractivity (Wildman–Crippen MR) is 56.2 cm³/mol. The molecule has 1 unspecified atom stereocenters. The molecule has 1 aromatic heterocycles. The average Bonchev–Trinajstić information content (AvgIpc) is 2.01. The zero-order valence-corrected chi connectivity index (χ0v) is 9.09. The second-order valence-electron chi connectivity index (χ2n) is 4.56. The van der Waals surface area contributed by atoms with E-state index < -0.39 is 0 Å². The lowest BCUT2D eigenvalue weighted by Crippen LogP contribution is -2.24. The summed E-state index contributed by atoms with van der Waals surface area (Å²) in [4.78, 5) is 18.4. The normalized spacial score (nSPS) is 14.1. The van der Waals surface area contributed by atoms with Crippen molar-refractivity contribution < 1.29 is 0 Å². The van der Waals surface area contributed by atoms with E-state index in [0.717, 1.165) is 0 Å². The van der Waals surface area contributed by atoms with Gasteiger partial charge in [0.2, 0.25) is 0 Å². The van der Waals surface area contributed by atoms with Gasteiger partial charge in [0, 0.05) is 17.5 Å². The van der Waals surface area contributed by atoms with Crippen molar-refractivity contribution in [1.29, 1.82) is 0 Å². The molecule has 14 heavy (non-hydrogen) atoms. The summed E-state index contributed by atoms with van der Waals surface area (Å²) in [5, 5.41) is 0. The first kappa shape index (κ1) is 10.9. The quantitative estimate of drug-likeness (QED) is 0.704. The van der Waals surface area contributed by atoms with Crippen LogP contribution in [0.25, 0.3) is 0 Å². The number of aromatic amines is 1. The Morgan fingerprint density at radius 2 is 2.07 bits per heavy atom. The summed E-state index contributed by atoms with van der Waals surface area (Å²) in [5.41, 5.74) is 6.01. The topological polar surface area (TPSA) is 71.8 Å². The van der Waals surface area contributed by atoms with Crippen molar-refractivity contribution in [2.45, 2.75) is 39.2 Å². The van der Waals surface area contributed by atoms with E-state index in [-0.39, 0.29) is 17.0 Å². The van der Waals surface area contributed by atoms with Crippen LogP contribution >= 0.6 is 0 Å². The van der Waals surface area contributed by atoms with E-state index in [0.29, 0.717) is 11.5 Å². The lowest BCUT2D eigenvalue weighted by atomic mass is 9.95. The summed E-state index contributed by atoms with van der Waals surface area (Å²) in [5.74, 6) is 0.678. The van der Waals surface area contributed by atoms with E-state index in [4.69, 9.17) is 5.73 Å². The van der Waals surface area contributed by atoms with Gasteiger partial charge < -0.3 is 10.7 Å². The van der Waals surface area contributed by atoms with Crippen molar-refractivity contribution in [2.75, 3.05) is 0 Å². The van der Waals surface area contributed by atoms with Gasteiger partial charge in [-0.1, -0.05) is 20.8 Å². The summed E-state index contributed by atoms with van der Waals surface area (Å²) in [6, 6.07) is 1.23. The summed E-state index contributed by atoms with van der Waals surface area (Å²) >= 11 is 0. The van der Waals surface area contributed by atoms with Crippen LogP contribution in [0.1, 0.15) is 45.3 Å². The summed E-state index contributed by atoms with van der Waals surface area (Å²) < 4.78 is 0. The Balaban J connectivity index is 3.28. The highest BCUT2D eigenvalue weighted by atomic mass is 16.1. The van der Waals surface area contributed by atoms with E-state index in [1.54, 1.807) is 0 Å². The van der Waals surface area contributed by atoms with Crippen LogP contribution in [-0.2, 0) is 5.41 Å². The van der Waals surface area contributed by atoms with Crippen LogP contribution in [-0.4, -0.2) is 9.97 Å². The number of rotatable bonds is 1. The molecule has 0 bridgehead atoms. The third-order valence-electron chi connectivity index (χ3n) is 1.94. The Kier molecular flexibility index (Phi) is 2.76. The molecular weight excluding hydrogens is 178 g/mol. The maximum absolute atomic E-state index is 11.3. The first-order chi connectivity index (χ1) is 6.30. The molecule has 0 spiro atoms. The third-order valence-corrected chi connectivity index (χ3v) is 1.94. The molecule has 1 heterocycles. The predicted octanol–water partition coefficient (Wildman–Crippen LogP) is 1.09. The third kappa shape index (κ3) is 2.42. The van der Waals surface area contributed by atoms with Crippen LogP contribution < -0.4 is 11.3 Å². The van der Waals surface area contributed by atoms with Gasteiger partial charge in [-0.25, -0.2) is 4.98 Å². The fraction of sp³-hybridized carbons (Fsp3) is 0.600. The number of hydrogen-bond donors (Lipinski definition) is 2. The monoisotopic (exact) mass is 195 g/mol. The van der Waals surface area contributed by atoms with Crippen LogP contribution in [0, 0.1) is 0 Å². The maximum Gasteiger partial charge on any atom is 0.251 e. The molecule has 1 atom stereocenters. The molecule has 1 aromatic rings. The fourth-order valence-electron chi connectivity index (χ4n) is 1.06. The van der Waals surface area contributed by atoms with E-state index in [1.807, 2.05) is 27.7 Å². The lowest BCUT2D eigenvalue weighted by molar-refractivity contribution is 0.535. The average molecular weight is 195 g/mol. The van der Waals surface area contributed by atoms with Gasteiger partial charge in [0.25, 0.3) is 5.56 Å². The zero-order valence-electron chi connectivity index (χ0n) is 9.09. The Morgan fingerprint density at radius 3 is 2.50 bits per heavy atom. The summed E-state index contributed by atoms with van der Waals surface area (Å²) in [6.07, 6.45) is 0. The van der Waals surface area contributed by atoms with Crippen LogP contribution in [0.5, 0.6) is 0 Å². The minimum absolute atomic E-state index is 0.141. The van der Waals surface area contributed by atoms with Gasteiger partial charge in [0.1, 0.15) is 5.82 Å². The molecular formula is C10H17N3O. The molecule has 0 aliphatic carbocycles. The molecule has 3 N–H and O–H groups in total. The van der Waals surface area contributed by atoms with Crippen LogP contribution in [0.15, 0.2) is 10.9 Å². The standard InChI is InChI=1S/C10H17N3O/c1-6(11)7-5-8(14)13-9(12-7)10(2,3)4/h5-6H,11H2,1-4H3,(H,12,13,14).